The van der Waals surface area contributed by atoms with Crippen LogP contribution in [0.5, 0.6) is 0 Å². The number of nitrogen functional groups attached to an aromatic ring is 1. The zero-order valence-corrected chi connectivity index (χ0v) is 16.6. The lowest BCUT2D eigenvalue weighted by atomic mass is 10.00. The van der Waals surface area contributed by atoms with Crippen LogP contribution in [0.1, 0.15) is 22.8 Å². The molecule has 0 aliphatic heterocycles. The number of halogens is 2. The van der Waals surface area contributed by atoms with Gasteiger partial charge >= 0.3 is 0 Å². The minimum atomic E-state index is -0.206. The monoisotopic (exact) mass is 433 g/mol. The van der Waals surface area contributed by atoms with Crippen molar-refractivity contribution in [2.24, 2.45) is 0 Å². The van der Waals surface area contributed by atoms with Crippen LogP contribution in [0.15, 0.2) is 34.9 Å². The Hall–Kier alpha value is -2.38. The molecule has 1 aromatic carbocycles. The zero-order chi connectivity index (χ0) is 18.8. The highest BCUT2D eigenvalue weighted by molar-refractivity contribution is 9.10. The molecule has 0 saturated carbocycles. The average molecular weight is 435 g/mol. The molecule has 0 saturated heterocycles. The molecule has 2 heterocycles. The van der Waals surface area contributed by atoms with Crippen molar-refractivity contribution in [1.29, 1.82) is 0 Å². The Labute approximate surface area is 164 Å². The fourth-order valence-corrected chi connectivity index (χ4v) is 3.34. The molecule has 0 atom stereocenters. The molecule has 1 amide bonds. The fraction of sp³-hybridized carbons (Fsp3) is 0.167. The van der Waals surface area contributed by atoms with Gasteiger partial charge in [0.1, 0.15) is 5.69 Å². The lowest BCUT2D eigenvalue weighted by Gasteiger charge is -2.09. The molecule has 4 N–H and O–H groups in total. The van der Waals surface area contributed by atoms with Gasteiger partial charge in [-0.25, -0.2) is 9.97 Å². The molecule has 0 aliphatic rings. The summed E-state index contributed by atoms with van der Waals surface area (Å²) in [6.45, 7) is 2.05. The van der Waals surface area contributed by atoms with Gasteiger partial charge in [-0.2, -0.15) is 0 Å². The number of rotatable bonds is 4. The van der Waals surface area contributed by atoms with E-state index in [1.165, 1.54) is 0 Å². The van der Waals surface area contributed by atoms with Gasteiger partial charge in [0.05, 0.1) is 21.4 Å². The third-order valence-electron chi connectivity index (χ3n) is 4.03. The SMILES string of the molecule is CCc1ccc(Cl)cc1-c1[nH]c(-c2nc(N)ncc2Br)cc1C(=O)NC. The summed E-state index contributed by atoms with van der Waals surface area (Å²) in [6, 6.07) is 7.41. The smallest absolute Gasteiger partial charge is 0.253 e. The van der Waals surface area contributed by atoms with Gasteiger partial charge in [-0.1, -0.05) is 24.6 Å². The highest BCUT2D eigenvalue weighted by atomic mass is 79.9. The van der Waals surface area contributed by atoms with E-state index in [0.717, 1.165) is 17.5 Å². The quantitative estimate of drug-likeness (QED) is 0.577. The van der Waals surface area contributed by atoms with Gasteiger partial charge in [-0.3, -0.25) is 4.79 Å². The molecule has 0 fully saturated rings. The number of nitrogens with zero attached hydrogens (tertiary/aromatic N) is 2. The van der Waals surface area contributed by atoms with E-state index in [2.05, 4.69) is 43.1 Å². The van der Waals surface area contributed by atoms with Crippen LogP contribution in [-0.4, -0.2) is 27.9 Å². The van der Waals surface area contributed by atoms with Crippen molar-refractivity contribution in [1.82, 2.24) is 20.3 Å². The summed E-state index contributed by atoms with van der Waals surface area (Å²) in [6.07, 6.45) is 2.38. The highest BCUT2D eigenvalue weighted by Crippen LogP contribution is 2.34. The summed E-state index contributed by atoms with van der Waals surface area (Å²) in [5.41, 5.74) is 10.1. The summed E-state index contributed by atoms with van der Waals surface area (Å²) >= 11 is 9.63. The second-order valence-electron chi connectivity index (χ2n) is 5.63. The first-order chi connectivity index (χ1) is 12.4. The molecule has 0 bridgehead atoms. The number of H-pyrrole nitrogens is 1. The average Bonchev–Trinajstić information content (AvgIpc) is 3.08. The number of aromatic amines is 1. The Morgan fingerprint density at radius 2 is 2.15 bits per heavy atom. The second-order valence-corrected chi connectivity index (χ2v) is 6.92. The molecular formula is C18H17BrClN5O. The minimum Gasteiger partial charge on any atom is -0.368 e. The van der Waals surface area contributed by atoms with E-state index in [4.69, 9.17) is 17.3 Å². The Bertz CT molecular complexity index is 986. The molecule has 3 aromatic rings. The topological polar surface area (TPSA) is 96.7 Å². The van der Waals surface area contributed by atoms with Gasteiger partial charge in [0.2, 0.25) is 5.95 Å². The maximum absolute atomic E-state index is 12.5. The number of nitrogens with two attached hydrogens (primary N) is 1. The molecule has 0 spiro atoms. The van der Waals surface area contributed by atoms with Crippen molar-refractivity contribution in [3.63, 3.8) is 0 Å². The lowest BCUT2D eigenvalue weighted by Crippen LogP contribution is -2.18. The molecule has 26 heavy (non-hydrogen) atoms. The van der Waals surface area contributed by atoms with Crippen molar-refractivity contribution in [3.05, 3.63) is 51.1 Å². The predicted molar refractivity (Wildman–Crippen MR) is 107 cm³/mol. The third kappa shape index (κ3) is 3.45. The van der Waals surface area contributed by atoms with Crippen LogP contribution in [0.3, 0.4) is 0 Å². The van der Waals surface area contributed by atoms with E-state index >= 15 is 0 Å². The normalized spacial score (nSPS) is 10.8. The summed E-state index contributed by atoms with van der Waals surface area (Å²) in [4.78, 5) is 24.0. The standard InChI is InChI=1S/C18H17BrClN5O/c1-3-9-4-5-10(20)6-11(9)15-12(17(26)22-2)7-14(24-15)16-13(19)8-23-18(21)25-16/h4-8,24H,3H2,1-2H3,(H,22,26)(H2,21,23,25). The molecule has 3 rings (SSSR count). The predicted octanol–water partition coefficient (Wildman–Crippen LogP) is 4.06. The van der Waals surface area contributed by atoms with E-state index in [0.29, 0.717) is 32.1 Å². The number of nitrogens with one attached hydrogen (secondary N) is 2. The number of carbonyl (C=O) groups is 1. The maximum Gasteiger partial charge on any atom is 0.253 e. The molecule has 0 radical (unpaired) electrons. The highest BCUT2D eigenvalue weighted by Gasteiger charge is 2.20. The number of aryl methyl sites for hydroxylation is 1. The molecule has 0 unspecified atom stereocenters. The van der Waals surface area contributed by atoms with Crippen molar-refractivity contribution < 1.29 is 4.79 Å². The van der Waals surface area contributed by atoms with Crippen molar-refractivity contribution >= 4 is 39.4 Å². The largest absolute Gasteiger partial charge is 0.368 e. The Morgan fingerprint density at radius 1 is 1.38 bits per heavy atom. The van der Waals surface area contributed by atoms with E-state index in [1.54, 1.807) is 19.3 Å². The van der Waals surface area contributed by atoms with E-state index in [-0.39, 0.29) is 11.9 Å². The first kappa shape index (κ1) is 18.4. The van der Waals surface area contributed by atoms with Gasteiger partial charge in [0, 0.05) is 23.8 Å². The van der Waals surface area contributed by atoms with Gasteiger partial charge < -0.3 is 16.0 Å². The fourth-order valence-electron chi connectivity index (χ4n) is 2.77. The number of amides is 1. The summed E-state index contributed by atoms with van der Waals surface area (Å²) in [5.74, 6) is -0.0551. The second kappa shape index (κ2) is 7.47. The first-order valence-corrected chi connectivity index (χ1v) is 9.14. The zero-order valence-electron chi connectivity index (χ0n) is 14.2. The van der Waals surface area contributed by atoms with Crippen LogP contribution < -0.4 is 11.1 Å². The molecule has 8 heteroatoms. The van der Waals surface area contributed by atoms with Gasteiger partial charge in [0.15, 0.2) is 0 Å². The lowest BCUT2D eigenvalue weighted by molar-refractivity contribution is 0.0964. The molecule has 6 nitrogen and oxygen atoms in total. The molecule has 134 valence electrons. The summed E-state index contributed by atoms with van der Waals surface area (Å²) in [5, 5.41) is 3.27. The van der Waals surface area contributed by atoms with E-state index in [1.807, 2.05) is 18.2 Å². The Balaban J connectivity index is 2.26. The van der Waals surface area contributed by atoms with Crippen LogP contribution in [0, 0.1) is 0 Å². The van der Waals surface area contributed by atoms with Gasteiger partial charge in [-0.15, -0.1) is 0 Å². The van der Waals surface area contributed by atoms with Gasteiger partial charge in [0.25, 0.3) is 5.91 Å². The van der Waals surface area contributed by atoms with Crippen LogP contribution in [0.4, 0.5) is 5.95 Å². The Kier molecular flexibility index (Phi) is 5.29. The summed E-state index contributed by atoms with van der Waals surface area (Å²) < 4.78 is 0.671. The third-order valence-corrected chi connectivity index (χ3v) is 4.84. The van der Waals surface area contributed by atoms with Gasteiger partial charge in [-0.05, 0) is 46.1 Å². The number of hydrogen-bond donors (Lipinski definition) is 3. The van der Waals surface area contributed by atoms with Crippen molar-refractivity contribution in [3.8, 4) is 22.6 Å². The molecular weight excluding hydrogens is 418 g/mol. The first-order valence-electron chi connectivity index (χ1n) is 7.96. The minimum absolute atomic E-state index is 0.151. The number of benzene rings is 1. The van der Waals surface area contributed by atoms with E-state index < -0.39 is 0 Å². The van der Waals surface area contributed by atoms with Crippen LogP contribution in [-0.2, 0) is 6.42 Å². The van der Waals surface area contributed by atoms with Crippen molar-refractivity contribution in [2.75, 3.05) is 12.8 Å². The van der Waals surface area contributed by atoms with Crippen molar-refractivity contribution in [2.45, 2.75) is 13.3 Å². The number of hydrogen-bond acceptors (Lipinski definition) is 4. The Morgan fingerprint density at radius 3 is 2.85 bits per heavy atom. The maximum atomic E-state index is 12.5. The molecule has 2 aromatic heterocycles. The molecule has 0 aliphatic carbocycles. The number of aromatic nitrogens is 3. The van der Waals surface area contributed by atoms with E-state index in [9.17, 15) is 4.79 Å². The number of anilines is 1. The number of carbonyl (C=O) groups excluding carboxylic acids is 1. The summed E-state index contributed by atoms with van der Waals surface area (Å²) in [7, 11) is 1.59. The van der Waals surface area contributed by atoms with Crippen LogP contribution in [0.25, 0.3) is 22.6 Å². The van der Waals surface area contributed by atoms with Crippen LogP contribution >= 0.6 is 27.5 Å². The van der Waals surface area contributed by atoms with Crippen LogP contribution in [0.2, 0.25) is 5.02 Å².